The molecule has 0 amide bonds. The molecule has 5 heteroatoms. The SMILES string of the molecule is COCCN(C)CCn1c(C(C)Cl)nc2cc(C)ccc21. The van der Waals surface area contributed by atoms with E-state index in [0.29, 0.717) is 0 Å². The first-order valence-electron chi connectivity index (χ1n) is 7.31. The molecule has 0 N–H and O–H groups in total. The highest BCUT2D eigenvalue weighted by Gasteiger charge is 2.15. The summed E-state index contributed by atoms with van der Waals surface area (Å²) in [4.78, 5) is 6.96. The van der Waals surface area contributed by atoms with Crippen molar-refractivity contribution < 1.29 is 4.74 Å². The fourth-order valence-electron chi connectivity index (χ4n) is 2.43. The Bertz CT molecular complexity index is 594. The molecule has 1 atom stereocenters. The number of fused-ring (bicyclic) bond motifs is 1. The van der Waals surface area contributed by atoms with E-state index in [4.69, 9.17) is 21.3 Å². The van der Waals surface area contributed by atoms with Gasteiger partial charge in [-0.05, 0) is 38.6 Å². The average Bonchev–Trinajstić information content (AvgIpc) is 2.80. The van der Waals surface area contributed by atoms with Gasteiger partial charge in [-0.15, -0.1) is 11.6 Å². The van der Waals surface area contributed by atoms with Crippen molar-refractivity contribution in [3.05, 3.63) is 29.6 Å². The van der Waals surface area contributed by atoms with Gasteiger partial charge in [0.1, 0.15) is 5.82 Å². The molecule has 1 unspecified atom stereocenters. The van der Waals surface area contributed by atoms with Crippen LogP contribution in [0.3, 0.4) is 0 Å². The van der Waals surface area contributed by atoms with E-state index in [-0.39, 0.29) is 5.38 Å². The van der Waals surface area contributed by atoms with Crippen LogP contribution in [0, 0.1) is 6.92 Å². The van der Waals surface area contributed by atoms with Gasteiger partial charge in [0, 0.05) is 26.7 Å². The summed E-state index contributed by atoms with van der Waals surface area (Å²) >= 11 is 6.30. The Morgan fingerprint density at radius 3 is 2.81 bits per heavy atom. The summed E-state index contributed by atoms with van der Waals surface area (Å²) < 4.78 is 7.34. The molecule has 2 rings (SSSR count). The molecule has 0 fully saturated rings. The van der Waals surface area contributed by atoms with E-state index in [0.717, 1.165) is 43.1 Å². The molecule has 0 aliphatic heterocycles. The lowest BCUT2D eigenvalue weighted by atomic mass is 10.2. The number of aromatic nitrogens is 2. The van der Waals surface area contributed by atoms with Gasteiger partial charge >= 0.3 is 0 Å². The third-order valence-electron chi connectivity index (χ3n) is 3.67. The maximum Gasteiger partial charge on any atom is 0.127 e. The van der Waals surface area contributed by atoms with Crippen molar-refractivity contribution in [1.29, 1.82) is 0 Å². The van der Waals surface area contributed by atoms with E-state index in [1.54, 1.807) is 7.11 Å². The topological polar surface area (TPSA) is 30.3 Å². The van der Waals surface area contributed by atoms with Crippen LogP contribution in [0.15, 0.2) is 18.2 Å². The quantitative estimate of drug-likeness (QED) is 0.736. The Hall–Kier alpha value is -1.10. The van der Waals surface area contributed by atoms with Crippen molar-refractivity contribution in [1.82, 2.24) is 14.5 Å². The number of halogens is 1. The van der Waals surface area contributed by atoms with Crippen LogP contribution >= 0.6 is 11.6 Å². The summed E-state index contributed by atoms with van der Waals surface area (Å²) in [6.45, 7) is 7.56. The number of benzene rings is 1. The maximum absolute atomic E-state index is 6.30. The molecule has 0 aliphatic carbocycles. The molecule has 0 saturated heterocycles. The van der Waals surface area contributed by atoms with Crippen LogP contribution in [0.4, 0.5) is 0 Å². The summed E-state index contributed by atoms with van der Waals surface area (Å²) in [6, 6.07) is 6.37. The van der Waals surface area contributed by atoms with Crippen LogP contribution in [0.1, 0.15) is 23.7 Å². The first kappa shape index (κ1) is 16.3. The number of hydrogen-bond donors (Lipinski definition) is 0. The molecule has 0 aliphatic rings. The Balaban J connectivity index is 2.22. The largest absolute Gasteiger partial charge is 0.383 e. The van der Waals surface area contributed by atoms with Crippen LogP contribution in [0.25, 0.3) is 11.0 Å². The van der Waals surface area contributed by atoms with Gasteiger partial charge in [0.05, 0.1) is 23.0 Å². The third kappa shape index (κ3) is 3.96. The van der Waals surface area contributed by atoms with Gasteiger partial charge < -0.3 is 14.2 Å². The molecule has 1 aromatic carbocycles. The third-order valence-corrected chi connectivity index (χ3v) is 3.87. The van der Waals surface area contributed by atoms with Gasteiger partial charge in [-0.2, -0.15) is 0 Å². The molecular formula is C16H24ClN3O. The Kier molecular flexibility index (Phi) is 5.62. The Morgan fingerprint density at radius 1 is 1.38 bits per heavy atom. The molecular weight excluding hydrogens is 286 g/mol. The van der Waals surface area contributed by atoms with Crippen molar-refractivity contribution in [2.24, 2.45) is 0 Å². The van der Waals surface area contributed by atoms with Crippen molar-refractivity contribution in [2.45, 2.75) is 25.8 Å². The highest BCUT2D eigenvalue weighted by Crippen LogP contribution is 2.25. The molecule has 0 saturated carbocycles. The molecule has 0 radical (unpaired) electrons. The number of likely N-dealkylation sites (N-methyl/N-ethyl adjacent to an activating group) is 1. The molecule has 0 spiro atoms. The van der Waals surface area contributed by atoms with Gasteiger partial charge in [-0.25, -0.2) is 4.98 Å². The lowest BCUT2D eigenvalue weighted by Crippen LogP contribution is -2.27. The fourth-order valence-corrected chi connectivity index (χ4v) is 2.59. The van der Waals surface area contributed by atoms with Crippen LogP contribution in [-0.4, -0.2) is 48.3 Å². The number of imidazole rings is 1. The van der Waals surface area contributed by atoms with Gasteiger partial charge in [0.25, 0.3) is 0 Å². The van der Waals surface area contributed by atoms with Crippen LogP contribution < -0.4 is 0 Å². The second kappa shape index (κ2) is 7.25. The Labute approximate surface area is 131 Å². The zero-order valence-corrected chi connectivity index (χ0v) is 14.0. The molecule has 0 bridgehead atoms. The number of ether oxygens (including phenoxy) is 1. The Morgan fingerprint density at radius 2 is 2.14 bits per heavy atom. The number of hydrogen-bond acceptors (Lipinski definition) is 3. The molecule has 4 nitrogen and oxygen atoms in total. The predicted octanol–water partition coefficient (Wildman–Crippen LogP) is 3.22. The zero-order chi connectivity index (χ0) is 15.4. The van der Waals surface area contributed by atoms with E-state index in [2.05, 4.69) is 41.6 Å². The van der Waals surface area contributed by atoms with Crippen molar-refractivity contribution in [3.63, 3.8) is 0 Å². The van der Waals surface area contributed by atoms with Crippen molar-refractivity contribution in [2.75, 3.05) is 33.9 Å². The number of aryl methyl sites for hydroxylation is 1. The molecule has 21 heavy (non-hydrogen) atoms. The predicted molar refractivity (Wildman–Crippen MR) is 88.1 cm³/mol. The van der Waals surface area contributed by atoms with Gasteiger partial charge in [0.2, 0.25) is 0 Å². The van der Waals surface area contributed by atoms with Gasteiger partial charge in [-0.3, -0.25) is 0 Å². The van der Waals surface area contributed by atoms with E-state index >= 15 is 0 Å². The van der Waals surface area contributed by atoms with Gasteiger partial charge in [-0.1, -0.05) is 6.07 Å². The van der Waals surface area contributed by atoms with Crippen molar-refractivity contribution >= 4 is 22.6 Å². The lowest BCUT2D eigenvalue weighted by Gasteiger charge is -2.18. The number of rotatable bonds is 7. The molecule has 1 heterocycles. The minimum Gasteiger partial charge on any atom is -0.383 e. The first-order valence-corrected chi connectivity index (χ1v) is 7.75. The van der Waals surface area contributed by atoms with Gasteiger partial charge in [0.15, 0.2) is 0 Å². The smallest absolute Gasteiger partial charge is 0.127 e. The summed E-state index contributed by atoms with van der Waals surface area (Å²) in [5, 5.41) is -0.0954. The normalized spacial score (nSPS) is 13.2. The summed E-state index contributed by atoms with van der Waals surface area (Å²) in [5.74, 6) is 0.942. The van der Waals surface area contributed by atoms with Crippen molar-refractivity contribution in [3.8, 4) is 0 Å². The van der Waals surface area contributed by atoms with E-state index in [1.807, 2.05) is 6.92 Å². The van der Waals surface area contributed by atoms with Crippen LogP contribution in [-0.2, 0) is 11.3 Å². The second-order valence-corrected chi connectivity index (χ2v) is 6.18. The standard InChI is InChI=1S/C16H24ClN3O/c1-12-5-6-15-14(11-12)18-16(13(2)17)20(15)8-7-19(3)9-10-21-4/h5-6,11,13H,7-10H2,1-4H3. The van der Waals surface area contributed by atoms with E-state index in [1.165, 1.54) is 5.56 Å². The summed E-state index contributed by atoms with van der Waals surface area (Å²) in [7, 11) is 3.83. The van der Waals surface area contributed by atoms with Crippen LogP contribution in [0.5, 0.6) is 0 Å². The molecule has 116 valence electrons. The first-order chi connectivity index (χ1) is 10.0. The average molecular weight is 310 g/mol. The number of alkyl halides is 1. The molecule has 1 aromatic heterocycles. The monoisotopic (exact) mass is 309 g/mol. The number of methoxy groups -OCH3 is 1. The lowest BCUT2D eigenvalue weighted by molar-refractivity contribution is 0.159. The molecule has 2 aromatic rings. The summed E-state index contributed by atoms with van der Waals surface area (Å²) in [5.41, 5.74) is 3.40. The fraction of sp³-hybridized carbons (Fsp3) is 0.562. The zero-order valence-electron chi connectivity index (χ0n) is 13.3. The summed E-state index contributed by atoms with van der Waals surface area (Å²) in [6.07, 6.45) is 0. The minimum atomic E-state index is -0.0954. The van der Waals surface area contributed by atoms with Crippen LogP contribution in [0.2, 0.25) is 0 Å². The van der Waals surface area contributed by atoms with E-state index < -0.39 is 0 Å². The number of nitrogens with zero attached hydrogens (tertiary/aromatic N) is 3. The highest BCUT2D eigenvalue weighted by atomic mass is 35.5. The maximum atomic E-state index is 6.30. The second-order valence-electron chi connectivity index (χ2n) is 5.53. The highest BCUT2D eigenvalue weighted by molar-refractivity contribution is 6.20. The van der Waals surface area contributed by atoms with E-state index in [9.17, 15) is 0 Å². The minimum absolute atomic E-state index is 0.0954.